The van der Waals surface area contributed by atoms with Crippen LogP contribution in [0.2, 0.25) is 5.02 Å². The molecule has 0 aliphatic carbocycles. The number of piperidine rings is 3. The zero-order chi connectivity index (χ0) is 43.1. The summed E-state index contributed by atoms with van der Waals surface area (Å²) in [5.74, 6) is -0.605. The summed E-state index contributed by atoms with van der Waals surface area (Å²) in [6.45, 7) is 8.32. The molecule has 5 aliphatic heterocycles. The minimum absolute atomic E-state index is 0.0168. The van der Waals surface area contributed by atoms with Crippen LogP contribution in [0, 0.1) is 17.2 Å². The second kappa shape index (κ2) is 17.2. The average molecular weight is 864 g/mol. The Morgan fingerprint density at radius 3 is 2.42 bits per heavy atom. The summed E-state index contributed by atoms with van der Waals surface area (Å²) in [7, 11) is 0. The van der Waals surface area contributed by atoms with Crippen LogP contribution < -0.4 is 19.9 Å². The summed E-state index contributed by atoms with van der Waals surface area (Å²) in [6, 6.07) is 13.7. The highest BCUT2D eigenvalue weighted by atomic mass is 35.5. The van der Waals surface area contributed by atoms with Gasteiger partial charge in [0, 0.05) is 61.2 Å². The number of amides is 3. The van der Waals surface area contributed by atoms with Crippen LogP contribution in [-0.4, -0.2) is 93.8 Å². The fourth-order valence-corrected chi connectivity index (χ4v) is 9.67. The van der Waals surface area contributed by atoms with E-state index in [2.05, 4.69) is 20.1 Å². The summed E-state index contributed by atoms with van der Waals surface area (Å²) in [6.07, 6.45) is 0.306. The van der Waals surface area contributed by atoms with Gasteiger partial charge >= 0.3 is 6.18 Å². The van der Waals surface area contributed by atoms with Crippen molar-refractivity contribution in [2.45, 2.75) is 89.5 Å². The number of thiocarbonyl (C=S) groups is 1. The van der Waals surface area contributed by atoms with Gasteiger partial charge in [-0.2, -0.15) is 18.4 Å². The van der Waals surface area contributed by atoms with E-state index in [-0.39, 0.29) is 52.8 Å². The smallest absolute Gasteiger partial charge is 0.419 e. The summed E-state index contributed by atoms with van der Waals surface area (Å²) in [5, 5.41) is 12.1. The second-order valence-corrected chi connectivity index (χ2v) is 17.2. The number of piperazine rings is 1. The lowest BCUT2D eigenvalue weighted by atomic mass is 9.89. The molecule has 60 heavy (non-hydrogen) atoms. The summed E-state index contributed by atoms with van der Waals surface area (Å²) in [4.78, 5) is 61.9. The summed E-state index contributed by atoms with van der Waals surface area (Å²) < 4.78 is 47.6. The number of benzene rings is 2. The van der Waals surface area contributed by atoms with Crippen LogP contribution in [0.4, 0.5) is 24.5 Å². The van der Waals surface area contributed by atoms with Gasteiger partial charge in [-0.05, 0) is 111 Å². The van der Waals surface area contributed by atoms with Gasteiger partial charge in [0.15, 0.2) is 16.6 Å². The Hall–Kier alpha value is -4.95. The van der Waals surface area contributed by atoms with Crippen molar-refractivity contribution >= 4 is 63.8 Å². The van der Waals surface area contributed by atoms with Crippen LogP contribution in [0.5, 0.6) is 5.75 Å². The van der Waals surface area contributed by atoms with Gasteiger partial charge in [-0.25, -0.2) is 4.98 Å². The molecule has 5 aliphatic rings. The van der Waals surface area contributed by atoms with Gasteiger partial charge in [-0.1, -0.05) is 24.6 Å². The fourth-order valence-electron chi connectivity index (χ4n) is 8.87. The molecule has 1 unspecified atom stereocenters. The SMILES string of the molecule is CCc1cc(N2C(=S)N(c3cnc(C#N)c(C(F)(F)F)c3)C(=O)C2(C)C)ccc1OCCN1C[C@@H]2CC[C@H]1CN2CC(=O)Cc1cc(Cl)cc(CC2CCC(=O)NC2=O)c1. The molecule has 1 aromatic heterocycles. The van der Waals surface area contributed by atoms with Crippen molar-refractivity contribution in [1.29, 1.82) is 5.26 Å². The maximum atomic E-state index is 13.8. The molecule has 3 atom stereocenters. The van der Waals surface area contributed by atoms with E-state index in [1.807, 2.05) is 31.2 Å². The first-order valence-electron chi connectivity index (χ1n) is 20.0. The van der Waals surface area contributed by atoms with Gasteiger partial charge < -0.3 is 9.64 Å². The van der Waals surface area contributed by atoms with E-state index >= 15 is 0 Å². The predicted octanol–water partition coefficient (Wildman–Crippen LogP) is 6.04. The molecule has 6 heterocycles. The third-order valence-electron chi connectivity index (χ3n) is 11.9. The lowest BCUT2D eigenvalue weighted by Gasteiger charge is -2.51. The van der Waals surface area contributed by atoms with E-state index in [9.17, 15) is 37.6 Å². The predicted molar refractivity (Wildman–Crippen MR) is 222 cm³/mol. The van der Waals surface area contributed by atoms with E-state index in [4.69, 9.17) is 28.6 Å². The van der Waals surface area contributed by atoms with Crippen LogP contribution in [0.1, 0.15) is 74.4 Å². The molecule has 12 nitrogen and oxygen atoms in total. The van der Waals surface area contributed by atoms with E-state index in [1.165, 1.54) is 6.07 Å². The van der Waals surface area contributed by atoms with Gasteiger partial charge in [0.25, 0.3) is 5.91 Å². The number of ether oxygens (including phenoxy) is 1. The Bertz CT molecular complexity index is 2280. The Morgan fingerprint density at radius 1 is 1.03 bits per heavy atom. The van der Waals surface area contributed by atoms with E-state index in [0.29, 0.717) is 61.8 Å². The highest BCUT2D eigenvalue weighted by molar-refractivity contribution is 7.81. The van der Waals surface area contributed by atoms with Crippen molar-refractivity contribution in [2.75, 3.05) is 42.6 Å². The average Bonchev–Trinajstić information content (AvgIpc) is 3.37. The quantitative estimate of drug-likeness (QED) is 0.159. The molecule has 0 spiro atoms. The standard InChI is InChI=1S/C43H45ClF3N7O5S/c1-4-27-18-30(54-41(60)53(40(58)42(54,2)3)33-19-35(43(45,46)47)36(20-48)49-21-33)8-9-37(27)59-12-11-51-22-32-7-6-31(51)23-52(32)24-34(55)17-26-13-25(15-29(44)16-26)14-28-5-10-38(56)50-39(28)57/h8-9,13,15-16,18-19,21,28,31-32H,4-7,10-12,14,17,22-24H2,1-3H3,(H,50,56,57)/t28?,31-,32-/m0/s1. The number of halogens is 4. The van der Waals surface area contributed by atoms with Gasteiger partial charge in [-0.3, -0.25) is 39.2 Å². The third-order valence-corrected chi connectivity index (χ3v) is 12.5. The van der Waals surface area contributed by atoms with Crippen LogP contribution in [0.15, 0.2) is 48.7 Å². The second-order valence-electron chi connectivity index (χ2n) is 16.4. The maximum Gasteiger partial charge on any atom is 0.419 e. The molecular formula is C43H45ClF3N7O5S. The molecule has 2 aromatic carbocycles. The normalized spacial score (nSPS) is 22.0. The maximum absolute atomic E-state index is 13.8. The third kappa shape index (κ3) is 8.90. The Morgan fingerprint density at radius 2 is 1.75 bits per heavy atom. The first-order chi connectivity index (χ1) is 28.5. The topological polar surface area (TPSA) is 139 Å². The number of nitriles is 1. The molecule has 2 bridgehead atoms. The van der Waals surface area contributed by atoms with E-state index < -0.39 is 28.9 Å². The van der Waals surface area contributed by atoms with Crippen LogP contribution in [0.3, 0.4) is 0 Å². The molecule has 5 fully saturated rings. The zero-order valence-electron chi connectivity index (χ0n) is 33.5. The van der Waals surface area contributed by atoms with E-state index in [0.717, 1.165) is 59.8 Å². The number of Topliss-reactive ketones (excluding diaryl/α,β-unsaturated/α-hetero) is 1. The number of carbonyl (C=O) groups is 4. The summed E-state index contributed by atoms with van der Waals surface area (Å²) >= 11 is 12.1. The Labute approximate surface area is 356 Å². The fraction of sp³-hybridized carbons (Fsp3) is 0.465. The van der Waals surface area contributed by atoms with Gasteiger partial charge in [0.1, 0.15) is 24.0 Å². The van der Waals surface area contributed by atoms with Crippen molar-refractivity contribution in [3.8, 4) is 11.8 Å². The zero-order valence-corrected chi connectivity index (χ0v) is 35.1. The number of aromatic nitrogens is 1. The Balaban J connectivity index is 0.938. The van der Waals surface area contributed by atoms with Crippen LogP contribution in [0.25, 0.3) is 0 Å². The minimum Gasteiger partial charge on any atom is -0.492 e. The summed E-state index contributed by atoms with van der Waals surface area (Å²) in [5.41, 5.74) is -0.357. The Kier molecular flexibility index (Phi) is 12.4. The number of hydrogen-bond acceptors (Lipinski definition) is 10. The lowest BCUT2D eigenvalue weighted by Crippen LogP contribution is -2.63. The van der Waals surface area contributed by atoms with Gasteiger partial charge in [0.05, 0.1) is 24.0 Å². The van der Waals surface area contributed by atoms with Crippen molar-refractivity contribution in [3.05, 3.63) is 81.6 Å². The van der Waals surface area contributed by atoms with Crippen molar-refractivity contribution in [1.82, 2.24) is 20.1 Å². The number of nitrogens with one attached hydrogen (secondary N) is 1. The molecule has 8 rings (SSSR count). The van der Waals surface area contributed by atoms with Crippen molar-refractivity contribution < 1.29 is 37.1 Å². The number of anilines is 2. The molecule has 5 saturated heterocycles. The minimum atomic E-state index is -4.86. The largest absolute Gasteiger partial charge is 0.492 e. The number of nitrogens with zero attached hydrogens (tertiary/aromatic N) is 6. The number of alkyl halides is 3. The lowest BCUT2D eigenvalue weighted by molar-refractivity contribution is -0.138. The molecule has 17 heteroatoms. The number of pyridine rings is 1. The molecular weight excluding hydrogens is 819 g/mol. The van der Waals surface area contributed by atoms with Crippen molar-refractivity contribution in [2.24, 2.45) is 5.92 Å². The van der Waals surface area contributed by atoms with Gasteiger partial charge in [-0.15, -0.1) is 0 Å². The molecule has 3 aromatic rings. The van der Waals surface area contributed by atoms with Gasteiger partial charge in [0.2, 0.25) is 11.8 Å². The number of rotatable bonds is 13. The van der Waals surface area contributed by atoms with Crippen LogP contribution >= 0.6 is 23.8 Å². The number of carbonyl (C=O) groups excluding carboxylic acids is 4. The molecule has 3 amide bonds. The number of aryl methyl sites for hydroxylation is 1. The molecule has 316 valence electrons. The molecule has 0 saturated carbocycles. The van der Waals surface area contributed by atoms with Crippen molar-refractivity contribution in [3.63, 3.8) is 0 Å². The number of hydrogen-bond donors (Lipinski definition) is 1. The van der Waals surface area contributed by atoms with Crippen LogP contribution in [-0.2, 0) is 44.6 Å². The molecule has 1 N–H and O–H groups in total. The monoisotopic (exact) mass is 863 g/mol. The first kappa shape index (κ1) is 43.1. The van der Waals surface area contributed by atoms with E-state index in [1.54, 1.807) is 30.9 Å². The first-order valence-corrected chi connectivity index (χ1v) is 20.8. The number of ketones is 1. The highest BCUT2D eigenvalue weighted by Crippen LogP contribution is 2.40. The number of imide groups is 1. The highest BCUT2D eigenvalue weighted by Gasteiger charge is 2.51. The molecule has 0 radical (unpaired) electrons. The number of fused-ring (bicyclic) bond motifs is 3.